The summed E-state index contributed by atoms with van der Waals surface area (Å²) >= 11 is 0. The van der Waals surface area contributed by atoms with Crippen LogP contribution in [0.3, 0.4) is 0 Å². The third-order valence-corrected chi connectivity index (χ3v) is 4.40. The van der Waals surface area contributed by atoms with Gasteiger partial charge in [-0.1, -0.05) is 6.92 Å². The zero-order valence-corrected chi connectivity index (χ0v) is 13.5. The van der Waals surface area contributed by atoms with Crippen molar-refractivity contribution in [1.82, 2.24) is 4.90 Å². The molecule has 1 saturated heterocycles. The first kappa shape index (κ1) is 17.7. The van der Waals surface area contributed by atoms with Crippen LogP contribution in [0.4, 0.5) is 10.5 Å². The quantitative estimate of drug-likeness (QED) is 0.514. The molecule has 1 amide bonds. The molecule has 8 nitrogen and oxygen atoms in total. The maximum absolute atomic E-state index is 12.3. The topological polar surface area (TPSA) is 110 Å². The summed E-state index contributed by atoms with van der Waals surface area (Å²) in [6.07, 6.45) is -0.220. The maximum Gasteiger partial charge on any atom is 0.407 e. The zero-order valence-electron chi connectivity index (χ0n) is 13.5. The van der Waals surface area contributed by atoms with E-state index in [1.807, 2.05) is 6.92 Å². The molecule has 0 radical (unpaired) electrons. The van der Waals surface area contributed by atoms with Gasteiger partial charge < -0.3 is 14.7 Å². The minimum Gasteiger partial charge on any atom is -0.465 e. The molecule has 1 aromatic carbocycles. The number of carbonyl (C=O) groups is 2. The predicted molar refractivity (Wildman–Crippen MR) is 84.9 cm³/mol. The Hall–Kier alpha value is -2.64. The summed E-state index contributed by atoms with van der Waals surface area (Å²) in [4.78, 5) is 35.0. The molecule has 1 fully saturated rings. The Kier molecular flexibility index (Phi) is 5.38. The van der Waals surface area contributed by atoms with Crippen LogP contribution in [0.15, 0.2) is 24.3 Å². The Balaban J connectivity index is 2.07. The van der Waals surface area contributed by atoms with Gasteiger partial charge in [0.1, 0.15) is 6.10 Å². The van der Waals surface area contributed by atoms with Crippen molar-refractivity contribution in [2.75, 3.05) is 6.54 Å². The number of carboxylic acid groups (broad SMARTS) is 1. The normalized spacial score (nSPS) is 23.6. The first-order valence-electron chi connectivity index (χ1n) is 7.78. The molecule has 0 unspecified atom stereocenters. The number of esters is 1. The highest BCUT2D eigenvalue weighted by Crippen LogP contribution is 2.28. The van der Waals surface area contributed by atoms with Gasteiger partial charge in [0.25, 0.3) is 5.69 Å². The molecule has 8 heteroatoms. The molecule has 1 aliphatic rings. The Morgan fingerprint density at radius 1 is 1.38 bits per heavy atom. The van der Waals surface area contributed by atoms with Gasteiger partial charge in [-0.05, 0) is 25.5 Å². The van der Waals surface area contributed by atoms with E-state index < -0.39 is 17.0 Å². The number of nitro groups is 1. The van der Waals surface area contributed by atoms with Gasteiger partial charge in [0.2, 0.25) is 0 Å². The zero-order chi connectivity index (χ0) is 17.9. The number of ether oxygens (including phenoxy) is 1. The van der Waals surface area contributed by atoms with Crippen LogP contribution in [0.1, 0.15) is 37.0 Å². The molecule has 130 valence electrons. The maximum atomic E-state index is 12.3. The average molecular weight is 336 g/mol. The number of nitrogens with zero attached hydrogens (tertiary/aromatic N) is 2. The van der Waals surface area contributed by atoms with E-state index in [9.17, 15) is 24.8 Å². The summed E-state index contributed by atoms with van der Waals surface area (Å²) in [6.45, 7) is 4.03. The van der Waals surface area contributed by atoms with Crippen molar-refractivity contribution >= 4 is 17.7 Å². The molecular weight excluding hydrogens is 316 g/mol. The van der Waals surface area contributed by atoms with E-state index in [0.29, 0.717) is 19.4 Å². The lowest BCUT2D eigenvalue weighted by Gasteiger charge is -2.40. The minimum atomic E-state index is -0.971. The van der Waals surface area contributed by atoms with Gasteiger partial charge in [0.05, 0.1) is 10.5 Å². The third kappa shape index (κ3) is 3.81. The van der Waals surface area contributed by atoms with Crippen molar-refractivity contribution in [1.29, 1.82) is 0 Å². The third-order valence-electron chi connectivity index (χ3n) is 4.40. The Morgan fingerprint density at radius 3 is 2.50 bits per heavy atom. The lowest BCUT2D eigenvalue weighted by atomic mass is 9.88. The summed E-state index contributed by atoms with van der Waals surface area (Å²) in [5.41, 5.74) is 0.144. The van der Waals surface area contributed by atoms with Crippen molar-refractivity contribution in [3.05, 3.63) is 39.9 Å². The van der Waals surface area contributed by atoms with Crippen LogP contribution in [0.2, 0.25) is 0 Å². The van der Waals surface area contributed by atoms with Crippen molar-refractivity contribution in [2.24, 2.45) is 5.92 Å². The number of piperidine rings is 1. The smallest absolute Gasteiger partial charge is 0.407 e. The van der Waals surface area contributed by atoms with Crippen LogP contribution in [0.5, 0.6) is 0 Å². The number of nitro benzene ring substituents is 1. The van der Waals surface area contributed by atoms with Gasteiger partial charge in [0, 0.05) is 37.1 Å². The molecule has 1 heterocycles. The first-order valence-corrected chi connectivity index (χ1v) is 7.78. The molecule has 1 N–H and O–H groups in total. The lowest BCUT2D eigenvalue weighted by molar-refractivity contribution is -0.384. The molecule has 24 heavy (non-hydrogen) atoms. The standard InChI is InChI=1S/C16H20N2O6/c1-3-11-9-17(16(20)21)10(2)8-14(11)24-15(19)12-4-6-13(7-5-12)18(22)23/h4-7,10-11,14H,3,8-9H2,1-2H3,(H,20,21)/t10-,11-,14+/m1/s1. The summed E-state index contributed by atoms with van der Waals surface area (Å²) in [5, 5.41) is 19.8. The van der Waals surface area contributed by atoms with Crippen LogP contribution in [-0.2, 0) is 4.74 Å². The summed E-state index contributed by atoms with van der Waals surface area (Å²) in [6, 6.07) is 4.99. The van der Waals surface area contributed by atoms with E-state index in [1.165, 1.54) is 29.2 Å². The molecule has 0 bridgehead atoms. The van der Waals surface area contributed by atoms with Crippen molar-refractivity contribution in [3.63, 3.8) is 0 Å². The molecule has 2 rings (SSSR count). The largest absolute Gasteiger partial charge is 0.465 e. The van der Waals surface area contributed by atoms with E-state index in [2.05, 4.69) is 0 Å². The highest BCUT2D eigenvalue weighted by Gasteiger charge is 2.37. The van der Waals surface area contributed by atoms with E-state index >= 15 is 0 Å². The van der Waals surface area contributed by atoms with Gasteiger partial charge >= 0.3 is 12.1 Å². The minimum absolute atomic E-state index is 0.0701. The molecule has 1 aliphatic heterocycles. The molecule has 1 aromatic rings. The Morgan fingerprint density at radius 2 is 2.00 bits per heavy atom. The van der Waals surface area contributed by atoms with Crippen LogP contribution in [0.25, 0.3) is 0 Å². The summed E-state index contributed by atoms with van der Waals surface area (Å²) < 4.78 is 5.55. The summed E-state index contributed by atoms with van der Waals surface area (Å²) in [7, 11) is 0. The number of amides is 1. The second-order valence-corrected chi connectivity index (χ2v) is 5.94. The average Bonchev–Trinajstić information content (AvgIpc) is 2.54. The Labute approximate surface area is 139 Å². The molecule has 0 aliphatic carbocycles. The monoisotopic (exact) mass is 336 g/mol. The second-order valence-electron chi connectivity index (χ2n) is 5.94. The fourth-order valence-corrected chi connectivity index (χ4v) is 2.93. The molecule has 0 spiro atoms. The highest BCUT2D eigenvalue weighted by atomic mass is 16.6. The fourth-order valence-electron chi connectivity index (χ4n) is 2.93. The van der Waals surface area contributed by atoms with Crippen LogP contribution >= 0.6 is 0 Å². The number of hydrogen-bond acceptors (Lipinski definition) is 5. The highest BCUT2D eigenvalue weighted by molar-refractivity contribution is 5.89. The number of likely N-dealkylation sites (tertiary alicyclic amines) is 1. The van der Waals surface area contributed by atoms with Crippen LogP contribution < -0.4 is 0 Å². The molecule has 0 saturated carbocycles. The second kappa shape index (κ2) is 7.29. The van der Waals surface area contributed by atoms with E-state index in [0.717, 1.165) is 0 Å². The van der Waals surface area contributed by atoms with Crippen LogP contribution in [0, 0.1) is 16.0 Å². The van der Waals surface area contributed by atoms with Gasteiger partial charge in [-0.25, -0.2) is 9.59 Å². The fraction of sp³-hybridized carbons (Fsp3) is 0.500. The van der Waals surface area contributed by atoms with Crippen molar-refractivity contribution in [3.8, 4) is 0 Å². The molecular formula is C16H20N2O6. The van der Waals surface area contributed by atoms with E-state index in [4.69, 9.17) is 4.74 Å². The van der Waals surface area contributed by atoms with Crippen molar-refractivity contribution < 1.29 is 24.4 Å². The number of benzene rings is 1. The Bertz CT molecular complexity index is 630. The SMILES string of the molecule is CC[C@@H]1CN(C(=O)O)[C@H](C)C[C@@H]1OC(=O)c1ccc([N+](=O)[O-])cc1. The number of hydrogen-bond donors (Lipinski definition) is 1. The van der Waals surface area contributed by atoms with Gasteiger partial charge in [-0.2, -0.15) is 0 Å². The number of rotatable bonds is 4. The first-order chi connectivity index (χ1) is 11.3. The van der Waals surface area contributed by atoms with Gasteiger partial charge in [0.15, 0.2) is 0 Å². The van der Waals surface area contributed by atoms with Crippen molar-refractivity contribution in [2.45, 2.75) is 38.8 Å². The molecule has 3 atom stereocenters. The number of carbonyl (C=O) groups excluding carboxylic acids is 1. The predicted octanol–water partition coefficient (Wildman–Crippen LogP) is 2.92. The van der Waals surface area contributed by atoms with Gasteiger partial charge in [-0.3, -0.25) is 10.1 Å². The van der Waals surface area contributed by atoms with Crippen LogP contribution in [-0.4, -0.2) is 45.7 Å². The van der Waals surface area contributed by atoms with Gasteiger partial charge in [-0.15, -0.1) is 0 Å². The lowest BCUT2D eigenvalue weighted by Crippen LogP contribution is -2.51. The van der Waals surface area contributed by atoms with E-state index in [-0.39, 0.29) is 29.3 Å². The summed E-state index contributed by atoms with van der Waals surface area (Å²) in [5.74, 6) is -0.622. The number of non-ortho nitro benzene ring substituents is 1. The molecule has 0 aromatic heterocycles. The van der Waals surface area contributed by atoms with E-state index in [1.54, 1.807) is 6.92 Å².